The number of ether oxygens (including phenoxy) is 2. The van der Waals surface area contributed by atoms with Gasteiger partial charge in [0.1, 0.15) is 11.9 Å². The van der Waals surface area contributed by atoms with Crippen LogP contribution in [0.25, 0.3) is 11.1 Å². The van der Waals surface area contributed by atoms with Crippen molar-refractivity contribution < 1.29 is 14.3 Å². The molecule has 5 rings (SSSR count). The predicted molar refractivity (Wildman–Crippen MR) is 138 cm³/mol. The number of rotatable bonds is 5. The van der Waals surface area contributed by atoms with Crippen LogP contribution < -0.4 is 9.64 Å². The van der Waals surface area contributed by atoms with Gasteiger partial charge in [0.15, 0.2) is 0 Å². The molecule has 6 heteroatoms. The molecule has 2 aliphatic heterocycles. The first kappa shape index (κ1) is 22.9. The Hall–Kier alpha value is -2.83. The van der Waals surface area contributed by atoms with E-state index in [1.165, 1.54) is 10.6 Å². The summed E-state index contributed by atoms with van der Waals surface area (Å²) >= 11 is 1.62. The summed E-state index contributed by atoms with van der Waals surface area (Å²) in [6.07, 6.45) is 1.86. The minimum Gasteiger partial charge on any atom is -0.490 e. The number of hydrogen-bond donors (Lipinski definition) is 0. The zero-order valence-electron chi connectivity index (χ0n) is 20.0. The van der Waals surface area contributed by atoms with Crippen LogP contribution in [0.4, 0.5) is 5.00 Å². The maximum atomic E-state index is 13.5. The Bertz CT molecular complexity index is 1130. The number of hydrogen-bond acceptors (Lipinski definition) is 5. The number of piperidine rings is 1. The topological polar surface area (TPSA) is 42.0 Å². The first-order valence-electron chi connectivity index (χ1n) is 12.1. The van der Waals surface area contributed by atoms with Crippen LogP contribution in [0.3, 0.4) is 0 Å². The smallest absolute Gasteiger partial charge is 0.264 e. The highest BCUT2D eigenvalue weighted by atomic mass is 32.1. The summed E-state index contributed by atoms with van der Waals surface area (Å²) in [4.78, 5) is 18.7. The molecule has 0 saturated carbocycles. The average Bonchev–Trinajstić information content (AvgIpc) is 3.33. The Morgan fingerprint density at radius 2 is 1.71 bits per heavy atom. The zero-order chi connectivity index (χ0) is 23.5. The van der Waals surface area contributed by atoms with Crippen LogP contribution in [0.2, 0.25) is 0 Å². The van der Waals surface area contributed by atoms with Crippen molar-refractivity contribution in [3.05, 3.63) is 70.6 Å². The van der Waals surface area contributed by atoms with Gasteiger partial charge < -0.3 is 19.3 Å². The fourth-order valence-corrected chi connectivity index (χ4v) is 5.86. The summed E-state index contributed by atoms with van der Waals surface area (Å²) in [6, 6.07) is 18.8. The third kappa shape index (κ3) is 4.98. The second-order valence-electron chi connectivity index (χ2n) is 9.17. The van der Waals surface area contributed by atoms with E-state index < -0.39 is 0 Å². The molecule has 3 heterocycles. The summed E-state index contributed by atoms with van der Waals surface area (Å²) in [5.41, 5.74) is 4.66. The van der Waals surface area contributed by atoms with Crippen molar-refractivity contribution in [2.24, 2.45) is 0 Å². The lowest BCUT2D eigenvalue weighted by Crippen LogP contribution is -2.41. The predicted octanol–water partition coefficient (Wildman–Crippen LogP) is 5.55. The van der Waals surface area contributed by atoms with Crippen molar-refractivity contribution in [2.45, 2.75) is 32.8 Å². The van der Waals surface area contributed by atoms with Crippen LogP contribution in [0.15, 0.2) is 54.6 Å². The molecule has 0 spiro atoms. The number of thiophene rings is 1. The highest BCUT2D eigenvalue weighted by molar-refractivity contribution is 7.18. The normalized spacial score (nSPS) is 17.1. The van der Waals surface area contributed by atoms with Crippen molar-refractivity contribution in [1.82, 2.24) is 4.90 Å². The molecule has 2 aliphatic rings. The average molecular weight is 477 g/mol. The van der Waals surface area contributed by atoms with Crippen LogP contribution in [-0.4, -0.2) is 56.3 Å². The SMILES string of the molecule is Cc1ccc(C)c(OC2CCN(C(=O)c3cc(-c4ccccc4)c(N4CCOCC4)s3)CC2)c1. The summed E-state index contributed by atoms with van der Waals surface area (Å²) in [5, 5.41) is 1.17. The van der Waals surface area contributed by atoms with Gasteiger partial charge >= 0.3 is 0 Å². The van der Waals surface area contributed by atoms with Gasteiger partial charge in [-0.2, -0.15) is 0 Å². The molecule has 3 aromatic rings. The van der Waals surface area contributed by atoms with Gasteiger partial charge in [-0.1, -0.05) is 42.5 Å². The van der Waals surface area contributed by atoms with E-state index in [1.807, 2.05) is 11.0 Å². The van der Waals surface area contributed by atoms with Crippen molar-refractivity contribution in [2.75, 3.05) is 44.3 Å². The molecule has 0 aliphatic carbocycles. The van der Waals surface area contributed by atoms with E-state index in [2.05, 4.69) is 67.3 Å². The fraction of sp³-hybridized carbons (Fsp3) is 0.393. The standard InChI is InChI=1S/C28H32N2O3S/c1-20-8-9-21(2)25(18-20)33-23-10-12-29(13-11-23)27(31)26-19-24(22-6-4-3-5-7-22)28(34-26)30-14-16-32-17-15-30/h3-9,18-19,23H,10-17H2,1-2H3. The minimum absolute atomic E-state index is 0.131. The molecule has 0 N–H and O–H groups in total. The molecule has 0 bridgehead atoms. The van der Waals surface area contributed by atoms with Crippen molar-refractivity contribution in [3.63, 3.8) is 0 Å². The Morgan fingerprint density at radius 1 is 0.971 bits per heavy atom. The van der Waals surface area contributed by atoms with E-state index in [9.17, 15) is 4.79 Å². The quantitative estimate of drug-likeness (QED) is 0.484. The van der Waals surface area contributed by atoms with Crippen LogP contribution >= 0.6 is 11.3 Å². The van der Waals surface area contributed by atoms with Gasteiger partial charge in [-0.05, 0) is 42.7 Å². The number of carbonyl (C=O) groups is 1. The zero-order valence-corrected chi connectivity index (χ0v) is 20.8. The monoisotopic (exact) mass is 476 g/mol. The van der Waals surface area contributed by atoms with Gasteiger partial charge in [0.05, 0.1) is 23.1 Å². The maximum absolute atomic E-state index is 13.5. The molecule has 2 saturated heterocycles. The molecule has 2 aromatic carbocycles. The number of nitrogens with zero attached hydrogens (tertiary/aromatic N) is 2. The molecule has 0 radical (unpaired) electrons. The molecule has 5 nitrogen and oxygen atoms in total. The van der Waals surface area contributed by atoms with Gasteiger partial charge in [0.2, 0.25) is 0 Å². The van der Waals surface area contributed by atoms with Crippen molar-refractivity contribution >= 4 is 22.2 Å². The third-order valence-electron chi connectivity index (χ3n) is 6.67. The van der Waals surface area contributed by atoms with Crippen molar-refractivity contribution in [3.8, 4) is 16.9 Å². The van der Waals surface area contributed by atoms with Gasteiger partial charge in [0, 0.05) is 44.6 Å². The number of likely N-dealkylation sites (tertiary alicyclic amines) is 1. The number of anilines is 1. The second kappa shape index (κ2) is 10.2. The first-order valence-corrected chi connectivity index (χ1v) is 13.0. The summed E-state index contributed by atoms with van der Waals surface area (Å²) in [6.45, 7) is 8.78. The molecular weight excluding hydrogens is 444 g/mol. The summed E-state index contributed by atoms with van der Waals surface area (Å²) < 4.78 is 11.9. The fourth-order valence-electron chi connectivity index (χ4n) is 4.66. The lowest BCUT2D eigenvalue weighted by atomic mass is 10.1. The summed E-state index contributed by atoms with van der Waals surface area (Å²) in [5.74, 6) is 1.09. The van der Waals surface area contributed by atoms with Crippen LogP contribution in [0.5, 0.6) is 5.75 Å². The van der Waals surface area contributed by atoms with Gasteiger partial charge in [-0.25, -0.2) is 0 Å². The molecular formula is C28H32N2O3S. The van der Waals surface area contributed by atoms with Gasteiger partial charge in [-0.15, -0.1) is 11.3 Å². The van der Waals surface area contributed by atoms with E-state index >= 15 is 0 Å². The second-order valence-corrected chi connectivity index (χ2v) is 10.2. The largest absolute Gasteiger partial charge is 0.490 e. The highest BCUT2D eigenvalue weighted by Gasteiger charge is 2.28. The Kier molecular flexibility index (Phi) is 6.88. The molecule has 1 aromatic heterocycles. The molecule has 178 valence electrons. The Balaban J connectivity index is 1.30. The van der Waals surface area contributed by atoms with E-state index in [-0.39, 0.29) is 12.0 Å². The van der Waals surface area contributed by atoms with Crippen LogP contribution in [0, 0.1) is 13.8 Å². The number of morpholine rings is 1. The lowest BCUT2D eigenvalue weighted by molar-refractivity contribution is 0.0599. The van der Waals surface area contributed by atoms with E-state index in [1.54, 1.807) is 11.3 Å². The van der Waals surface area contributed by atoms with Crippen LogP contribution in [-0.2, 0) is 4.74 Å². The van der Waals surface area contributed by atoms with Crippen LogP contribution in [0.1, 0.15) is 33.6 Å². The van der Waals surface area contributed by atoms with E-state index in [4.69, 9.17) is 9.47 Å². The Labute approximate surface area is 205 Å². The summed E-state index contributed by atoms with van der Waals surface area (Å²) in [7, 11) is 0. The van der Waals surface area contributed by atoms with Gasteiger partial charge in [-0.3, -0.25) is 4.79 Å². The number of aryl methyl sites for hydroxylation is 2. The lowest BCUT2D eigenvalue weighted by Gasteiger charge is -2.32. The number of amides is 1. The Morgan fingerprint density at radius 3 is 2.44 bits per heavy atom. The highest BCUT2D eigenvalue weighted by Crippen LogP contribution is 2.40. The maximum Gasteiger partial charge on any atom is 0.264 e. The first-order chi connectivity index (χ1) is 16.6. The van der Waals surface area contributed by atoms with E-state index in [0.717, 1.165) is 79.6 Å². The molecule has 2 fully saturated rings. The molecule has 0 unspecified atom stereocenters. The molecule has 1 amide bonds. The minimum atomic E-state index is 0.131. The van der Waals surface area contributed by atoms with Gasteiger partial charge in [0.25, 0.3) is 5.91 Å². The molecule has 0 atom stereocenters. The molecule has 34 heavy (non-hydrogen) atoms. The van der Waals surface area contributed by atoms with Crippen molar-refractivity contribution in [1.29, 1.82) is 0 Å². The van der Waals surface area contributed by atoms with E-state index in [0.29, 0.717) is 0 Å². The third-order valence-corrected chi connectivity index (χ3v) is 7.86. The number of benzene rings is 2. The number of carbonyl (C=O) groups excluding carboxylic acids is 1.